The molecule has 1 N–H and O–H groups in total. The van der Waals surface area contributed by atoms with Crippen molar-refractivity contribution in [2.45, 2.75) is 26.3 Å². The number of hydrogen-bond donors (Lipinski definition) is 1. The summed E-state index contributed by atoms with van der Waals surface area (Å²) in [5.41, 5.74) is 0. The summed E-state index contributed by atoms with van der Waals surface area (Å²) < 4.78 is 5.36. The van der Waals surface area contributed by atoms with E-state index >= 15 is 0 Å². The van der Waals surface area contributed by atoms with Crippen molar-refractivity contribution in [1.29, 1.82) is 0 Å². The number of hydrogen-bond acceptors (Lipinski definition) is 5. The molecule has 2 rings (SSSR count). The van der Waals surface area contributed by atoms with Crippen LogP contribution in [0, 0.1) is 0 Å². The molecule has 2 heterocycles. The Morgan fingerprint density at radius 3 is 2.84 bits per heavy atom. The lowest BCUT2D eigenvalue weighted by Gasteiger charge is -2.18. The molecular weight excluding hydrogens is 240 g/mol. The number of aryl methyl sites for hydroxylation is 1. The van der Waals surface area contributed by atoms with Crippen LogP contribution in [0.2, 0.25) is 0 Å². The van der Waals surface area contributed by atoms with Crippen molar-refractivity contribution in [3.8, 4) is 0 Å². The van der Waals surface area contributed by atoms with Crippen LogP contribution in [0.4, 0.5) is 11.6 Å². The third-order valence-corrected chi connectivity index (χ3v) is 2.85. The molecule has 19 heavy (non-hydrogen) atoms. The lowest BCUT2D eigenvalue weighted by atomic mass is 10.3. The summed E-state index contributed by atoms with van der Waals surface area (Å²) in [6, 6.07) is 5.80. The van der Waals surface area contributed by atoms with E-state index in [0.29, 0.717) is 6.54 Å². The highest BCUT2D eigenvalue weighted by Crippen LogP contribution is 2.17. The minimum Gasteiger partial charge on any atom is -0.467 e. The predicted molar refractivity (Wildman–Crippen MR) is 76.4 cm³/mol. The smallest absolute Gasteiger partial charge is 0.134 e. The summed E-state index contributed by atoms with van der Waals surface area (Å²) in [6.07, 6.45) is 3.61. The third-order valence-electron chi connectivity index (χ3n) is 2.85. The van der Waals surface area contributed by atoms with Crippen LogP contribution >= 0.6 is 0 Å². The first-order valence-corrected chi connectivity index (χ1v) is 6.52. The van der Waals surface area contributed by atoms with Gasteiger partial charge in [0.25, 0.3) is 0 Å². The van der Waals surface area contributed by atoms with E-state index in [1.165, 1.54) is 0 Å². The fourth-order valence-corrected chi connectivity index (χ4v) is 1.86. The molecule has 5 nitrogen and oxygen atoms in total. The van der Waals surface area contributed by atoms with Gasteiger partial charge in [0.05, 0.1) is 12.8 Å². The van der Waals surface area contributed by atoms with E-state index in [9.17, 15) is 0 Å². The van der Waals surface area contributed by atoms with Gasteiger partial charge in [-0.25, -0.2) is 9.97 Å². The molecule has 5 heteroatoms. The Kier molecular flexibility index (Phi) is 4.39. The monoisotopic (exact) mass is 260 g/mol. The molecular formula is C14H20N4O. The van der Waals surface area contributed by atoms with Crippen LogP contribution < -0.4 is 10.2 Å². The second-order valence-corrected chi connectivity index (χ2v) is 4.46. The summed E-state index contributed by atoms with van der Waals surface area (Å²) in [4.78, 5) is 11.1. The summed E-state index contributed by atoms with van der Waals surface area (Å²) >= 11 is 0. The molecule has 2 aromatic heterocycles. The van der Waals surface area contributed by atoms with Gasteiger partial charge >= 0.3 is 0 Å². The third kappa shape index (κ3) is 3.47. The second-order valence-electron chi connectivity index (χ2n) is 4.46. The predicted octanol–water partition coefficient (Wildman–Crippen LogP) is 2.70. The van der Waals surface area contributed by atoms with Crippen molar-refractivity contribution in [3.63, 3.8) is 0 Å². The Morgan fingerprint density at radius 2 is 2.21 bits per heavy atom. The average Bonchev–Trinajstić information content (AvgIpc) is 2.91. The Hall–Kier alpha value is -2.04. The van der Waals surface area contributed by atoms with Gasteiger partial charge in [0.1, 0.15) is 23.2 Å². The average molecular weight is 260 g/mol. The first-order chi connectivity index (χ1) is 9.22. The topological polar surface area (TPSA) is 54.2 Å². The fraction of sp³-hybridized carbons (Fsp3) is 0.429. The van der Waals surface area contributed by atoms with Gasteiger partial charge < -0.3 is 14.6 Å². The van der Waals surface area contributed by atoms with Gasteiger partial charge in [-0.3, -0.25) is 0 Å². The molecule has 0 aromatic carbocycles. The van der Waals surface area contributed by atoms with Crippen LogP contribution in [-0.2, 0) is 13.0 Å². The zero-order valence-electron chi connectivity index (χ0n) is 11.7. The molecule has 0 amide bonds. The Balaban J connectivity index is 2.19. The molecule has 102 valence electrons. The van der Waals surface area contributed by atoms with Crippen molar-refractivity contribution in [1.82, 2.24) is 9.97 Å². The fourth-order valence-electron chi connectivity index (χ4n) is 1.86. The van der Waals surface area contributed by atoms with Gasteiger partial charge in [-0.2, -0.15) is 0 Å². The zero-order chi connectivity index (χ0) is 13.7. The van der Waals surface area contributed by atoms with Gasteiger partial charge in [0, 0.05) is 26.6 Å². The molecule has 0 aliphatic heterocycles. The van der Waals surface area contributed by atoms with Gasteiger partial charge in [-0.15, -0.1) is 0 Å². The Labute approximate surface area is 113 Å². The highest BCUT2D eigenvalue weighted by molar-refractivity contribution is 5.48. The molecule has 0 saturated heterocycles. The van der Waals surface area contributed by atoms with Crippen molar-refractivity contribution in [3.05, 3.63) is 36.0 Å². The SMILES string of the molecule is CCCc1nc(NC)cc(N(C)Cc2ccco2)n1. The van der Waals surface area contributed by atoms with Crippen LogP contribution in [-0.4, -0.2) is 24.1 Å². The van der Waals surface area contributed by atoms with Crippen molar-refractivity contribution < 1.29 is 4.42 Å². The molecule has 0 fully saturated rings. The molecule has 0 atom stereocenters. The molecule has 0 spiro atoms. The molecule has 0 bridgehead atoms. The normalized spacial score (nSPS) is 10.5. The molecule has 0 saturated carbocycles. The lowest BCUT2D eigenvalue weighted by molar-refractivity contribution is 0.506. The summed E-state index contributed by atoms with van der Waals surface area (Å²) in [7, 11) is 3.87. The lowest BCUT2D eigenvalue weighted by Crippen LogP contribution is -2.18. The maximum Gasteiger partial charge on any atom is 0.134 e. The van der Waals surface area contributed by atoms with Crippen LogP contribution in [0.1, 0.15) is 24.9 Å². The number of aromatic nitrogens is 2. The highest BCUT2D eigenvalue weighted by Gasteiger charge is 2.09. The van der Waals surface area contributed by atoms with E-state index in [0.717, 1.165) is 36.1 Å². The molecule has 0 aliphatic carbocycles. The molecule has 0 unspecified atom stereocenters. The van der Waals surface area contributed by atoms with Crippen molar-refractivity contribution in [2.24, 2.45) is 0 Å². The van der Waals surface area contributed by atoms with Crippen molar-refractivity contribution >= 4 is 11.6 Å². The standard InChI is InChI=1S/C14H20N4O/c1-4-6-12-16-13(15-2)9-14(17-12)18(3)10-11-7-5-8-19-11/h5,7-9H,4,6,10H2,1-3H3,(H,15,16,17). The summed E-state index contributed by atoms with van der Waals surface area (Å²) in [5.74, 6) is 3.54. The Bertz CT molecular complexity index is 510. The minimum absolute atomic E-state index is 0.693. The number of anilines is 2. The number of nitrogens with zero attached hydrogens (tertiary/aromatic N) is 3. The summed E-state index contributed by atoms with van der Waals surface area (Å²) in [5, 5.41) is 3.08. The van der Waals surface area contributed by atoms with Crippen LogP contribution in [0.3, 0.4) is 0 Å². The first kappa shape index (κ1) is 13.4. The maximum atomic E-state index is 5.36. The zero-order valence-corrected chi connectivity index (χ0v) is 11.7. The van der Waals surface area contributed by atoms with E-state index in [2.05, 4.69) is 27.1 Å². The van der Waals surface area contributed by atoms with Crippen LogP contribution in [0.15, 0.2) is 28.9 Å². The molecule has 2 aromatic rings. The maximum absolute atomic E-state index is 5.36. The molecule has 0 radical (unpaired) electrons. The molecule has 0 aliphatic rings. The number of furan rings is 1. The van der Waals surface area contributed by atoms with Gasteiger partial charge in [-0.1, -0.05) is 6.92 Å². The van der Waals surface area contributed by atoms with E-state index in [4.69, 9.17) is 4.42 Å². The van der Waals surface area contributed by atoms with Crippen LogP contribution in [0.5, 0.6) is 0 Å². The van der Waals surface area contributed by atoms with E-state index < -0.39 is 0 Å². The van der Waals surface area contributed by atoms with Gasteiger partial charge in [-0.05, 0) is 18.6 Å². The second kappa shape index (κ2) is 6.22. The van der Waals surface area contributed by atoms with E-state index in [1.54, 1.807) is 6.26 Å². The van der Waals surface area contributed by atoms with Gasteiger partial charge in [0.15, 0.2) is 0 Å². The number of nitrogens with one attached hydrogen (secondary N) is 1. The minimum atomic E-state index is 0.693. The first-order valence-electron chi connectivity index (χ1n) is 6.52. The van der Waals surface area contributed by atoms with Crippen LogP contribution in [0.25, 0.3) is 0 Å². The van der Waals surface area contributed by atoms with E-state index in [1.807, 2.05) is 32.3 Å². The quantitative estimate of drug-likeness (QED) is 0.865. The Morgan fingerprint density at radius 1 is 1.37 bits per heavy atom. The van der Waals surface area contributed by atoms with Gasteiger partial charge in [0.2, 0.25) is 0 Å². The highest BCUT2D eigenvalue weighted by atomic mass is 16.3. The van der Waals surface area contributed by atoms with Crippen molar-refractivity contribution in [2.75, 3.05) is 24.3 Å². The van der Waals surface area contributed by atoms with E-state index in [-0.39, 0.29) is 0 Å². The summed E-state index contributed by atoms with van der Waals surface area (Å²) in [6.45, 7) is 2.82. The largest absolute Gasteiger partial charge is 0.467 e. The number of rotatable bonds is 6.